The summed E-state index contributed by atoms with van der Waals surface area (Å²) in [4.78, 5) is 7.24. The monoisotopic (exact) mass is 312 g/mol. The number of nitrogens with zero attached hydrogens (tertiary/aromatic N) is 3. The number of aromatic nitrogens is 3. The molecule has 3 rings (SSSR count). The molecule has 0 radical (unpaired) electrons. The molecule has 3 heterocycles. The van der Waals surface area contributed by atoms with E-state index in [9.17, 15) is 0 Å². The zero-order chi connectivity index (χ0) is 15.5. The van der Waals surface area contributed by atoms with Crippen molar-refractivity contribution in [3.63, 3.8) is 0 Å². The van der Waals surface area contributed by atoms with Crippen molar-refractivity contribution in [2.75, 3.05) is 0 Å². The van der Waals surface area contributed by atoms with Crippen molar-refractivity contribution in [2.45, 2.75) is 33.9 Å². The van der Waals surface area contributed by atoms with E-state index in [4.69, 9.17) is 0 Å². The molecule has 0 unspecified atom stereocenters. The molecule has 0 aliphatic heterocycles. The molecular weight excluding hydrogens is 292 g/mol. The first-order chi connectivity index (χ1) is 10.6. The van der Waals surface area contributed by atoms with Crippen LogP contribution in [0, 0.1) is 20.8 Å². The number of rotatable bonds is 5. The summed E-state index contributed by atoms with van der Waals surface area (Å²) in [5, 5.41) is 7.91. The Morgan fingerprint density at radius 2 is 1.95 bits per heavy atom. The summed E-state index contributed by atoms with van der Waals surface area (Å²) in [6.45, 7) is 7.89. The Morgan fingerprint density at radius 1 is 1.09 bits per heavy atom. The summed E-state index contributed by atoms with van der Waals surface area (Å²) in [5.74, 6) is 0.864. The van der Waals surface area contributed by atoms with Gasteiger partial charge in [0.15, 0.2) is 5.82 Å². The molecule has 0 atom stereocenters. The third-order valence-corrected chi connectivity index (χ3v) is 4.46. The molecule has 0 saturated heterocycles. The van der Waals surface area contributed by atoms with Crippen LogP contribution in [0.4, 0.5) is 0 Å². The molecule has 0 amide bonds. The lowest BCUT2D eigenvalue weighted by Gasteiger charge is -2.06. The van der Waals surface area contributed by atoms with Gasteiger partial charge in [-0.15, -0.1) is 11.3 Å². The van der Waals surface area contributed by atoms with Gasteiger partial charge in [-0.2, -0.15) is 5.10 Å². The van der Waals surface area contributed by atoms with E-state index in [0.717, 1.165) is 30.3 Å². The second kappa shape index (κ2) is 6.42. The lowest BCUT2D eigenvalue weighted by atomic mass is 10.3. The third-order valence-electron chi connectivity index (χ3n) is 3.46. The predicted molar refractivity (Wildman–Crippen MR) is 90.4 cm³/mol. The molecule has 0 aromatic carbocycles. The Balaban J connectivity index is 1.61. The Morgan fingerprint density at radius 3 is 2.55 bits per heavy atom. The summed E-state index contributed by atoms with van der Waals surface area (Å²) in [6, 6.07) is 10.5. The highest BCUT2D eigenvalue weighted by molar-refractivity contribution is 7.11. The molecule has 5 heteroatoms. The molecule has 3 aromatic heterocycles. The lowest BCUT2D eigenvalue weighted by molar-refractivity contribution is 0.697. The maximum atomic E-state index is 4.52. The Labute approximate surface area is 134 Å². The minimum atomic E-state index is 0.821. The van der Waals surface area contributed by atoms with Crippen LogP contribution in [0.3, 0.4) is 0 Å². The average molecular weight is 312 g/mol. The van der Waals surface area contributed by atoms with Crippen LogP contribution in [-0.4, -0.2) is 14.8 Å². The molecule has 0 spiro atoms. The van der Waals surface area contributed by atoms with Crippen molar-refractivity contribution in [1.82, 2.24) is 20.1 Å². The van der Waals surface area contributed by atoms with Gasteiger partial charge in [0, 0.05) is 34.7 Å². The van der Waals surface area contributed by atoms with E-state index in [0.29, 0.717) is 0 Å². The van der Waals surface area contributed by atoms with Gasteiger partial charge in [-0.1, -0.05) is 6.07 Å². The predicted octanol–water partition coefficient (Wildman–Crippen LogP) is 3.54. The second-order valence-corrected chi connectivity index (χ2v) is 6.85. The van der Waals surface area contributed by atoms with Crippen molar-refractivity contribution in [3.05, 3.63) is 63.2 Å². The normalized spacial score (nSPS) is 11.0. The summed E-state index contributed by atoms with van der Waals surface area (Å²) in [7, 11) is 0. The fraction of sp³-hybridized carbons (Fsp3) is 0.294. The lowest BCUT2D eigenvalue weighted by Crippen LogP contribution is -2.12. The summed E-state index contributed by atoms with van der Waals surface area (Å²) >= 11 is 1.84. The van der Waals surface area contributed by atoms with Crippen LogP contribution in [0.25, 0.3) is 5.82 Å². The first-order valence-corrected chi connectivity index (χ1v) is 8.18. The van der Waals surface area contributed by atoms with E-state index >= 15 is 0 Å². The van der Waals surface area contributed by atoms with Crippen LogP contribution in [0.5, 0.6) is 0 Å². The molecule has 0 aliphatic carbocycles. The van der Waals surface area contributed by atoms with Crippen LogP contribution in [-0.2, 0) is 13.1 Å². The van der Waals surface area contributed by atoms with E-state index in [1.54, 1.807) is 0 Å². The van der Waals surface area contributed by atoms with Gasteiger partial charge in [-0.25, -0.2) is 9.67 Å². The Hall–Kier alpha value is -1.98. The molecule has 3 aromatic rings. The third kappa shape index (κ3) is 3.43. The van der Waals surface area contributed by atoms with Crippen molar-refractivity contribution < 1.29 is 0 Å². The number of pyridine rings is 1. The smallest absolute Gasteiger partial charge is 0.153 e. The molecule has 0 aliphatic rings. The number of aryl methyl sites for hydroxylation is 3. The summed E-state index contributed by atoms with van der Waals surface area (Å²) < 4.78 is 1.88. The minimum Gasteiger partial charge on any atom is -0.308 e. The van der Waals surface area contributed by atoms with Crippen LogP contribution in [0.1, 0.15) is 26.7 Å². The number of thiophene rings is 1. The van der Waals surface area contributed by atoms with Crippen LogP contribution < -0.4 is 5.32 Å². The molecule has 4 nitrogen and oxygen atoms in total. The van der Waals surface area contributed by atoms with E-state index in [1.807, 2.05) is 42.1 Å². The van der Waals surface area contributed by atoms with Crippen LogP contribution in [0.15, 0.2) is 36.5 Å². The van der Waals surface area contributed by atoms with Crippen molar-refractivity contribution in [1.29, 1.82) is 0 Å². The maximum absolute atomic E-state index is 4.52. The minimum absolute atomic E-state index is 0.821. The van der Waals surface area contributed by atoms with Crippen molar-refractivity contribution in [2.24, 2.45) is 0 Å². The molecule has 1 N–H and O–H groups in total. The first-order valence-electron chi connectivity index (χ1n) is 7.36. The zero-order valence-electron chi connectivity index (χ0n) is 13.1. The summed E-state index contributed by atoms with van der Waals surface area (Å²) in [5.41, 5.74) is 3.29. The van der Waals surface area contributed by atoms with Gasteiger partial charge in [-0.05, 0) is 50.6 Å². The largest absolute Gasteiger partial charge is 0.308 e. The van der Waals surface area contributed by atoms with Crippen molar-refractivity contribution >= 4 is 11.3 Å². The van der Waals surface area contributed by atoms with Crippen LogP contribution in [0.2, 0.25) is 0 Å². The van der Waals surface area contributed by atoms with E-state index < -0.39 is 0 Å². The zero-order valence-corrected chi connectivity index (χ0v) is 13.9. The quantitative estimate of drug-likeness (QED) is 0.783. The topological polar surface area (TPSA) is 42.7 Å². The van der Waals surface area contributed by atoms with Gasteiger partial charge >= 0.3 is 0 Å². The van der Waals surface area contributed by atoms with Gasteiger partial charge in [0.2, 0.25) is 0 Å². The van der Waals surface area contributed by atoms with Gasteiger partial charge < -0.3 is 5.32 Å². The Bertz CT molecular complexity index is 755. The molecule has 22 heavy (non-hydrogen) atoms. The highest BCUT2D eigenvalue weighted by Crippen LogP contribution is 2.15. The fourth-order valence-electron chi connectivity index (χ4n) is 2.42. The highest BCUT2D eigenvalue weighted by atomic mass is 32.1. The van der Waals surface area contributed by atoms with Gasteiger partial charge in [0.05, 0.1) is 5.69 Å². The van der Waals surface area contributed by atoms with E-state index in [2.05, 4.69) is 46.6 Å². The molecule has 114 valence electrons. The van der Waals surface area contributed by atoms with Gasteiger partial charge in [0.1, 0.15) is 0 Å². The molecule has 0 fully saturated rings. The molecule has 0 bridgehead atoms. The highest BCUT2D eigenvalue weighted by Gasteiger charge is 2.05. The van der Waals surface area contributed by atoms with Gasteiger partial charge in [-0.3, -0.25) is 0 Å². The average Bonchev–Trinajstić information content (AvgIpc) is 3.05. The standard InChI is InChI=1S/C17H20N4S/c1-12-8-13(2)21(20-12)17-7-5-15(10-19-17)9-18-11-16-6-4-14(3)22-16/h4-8,10,18H,9,11H2,1-3H3. The fourth-order valence-corrected chi connectivity index (χ4v) is 3.28. The first kappa shape index (κ1) is 14.9. The maximum Gasteiger partial charge on any atom is 0.153 e. The second-order valence-electron chi connectivity index (χ2n) is 5.48. The van der Waals surface area contributed by atoms with Crippen LogP contribution >= 0.6 is 11.3 Å². The SMILES string of the molecule is Cc1cc(C)n(-c2ccc(CNCc3ccc(C)s3)cn2)n1. The number of hydrogen-bond acceptors (Lipinski definition) is 4. The van der Waals surface area contributed by atoms with Gasteiger partial charge in [0.25, 0.3) is 0 Å². The van der Waals surface area contributed by atoms with Crippen molar-refractivity contribution in [3.8, 4) is 5.82 Å². The van der Waals surface area contributed by atoms with E-state index in [-0.39, 0.29) is 0 Å². The van der Waals surface area contributed by atoms with E-state index in [1.165, 1.54) is 15.3 Å². The number of nitrogens with one attached hydrogen (secondary N) is 1. The number of hydrogen-bond donors (Lipinski definition) is 1. The molecular formula is C17H20N4S. The Kier molecular flexibility index (Phi) is 4.36. The molecule has 0 saturated carbocycles. The summed E-state index contributed by atoms with van der Waals surface area (Å²) in [6.07, 6.45) is 1.92.